The summed E-state index contributed by atoms with van der Waals surface area (Å²) in [6.45, 7) is 5.04. The lowest BCUT2D eigenvalue weighted by Gasteiger charge is -2.09. The third kappa shape index (κ3) is 4.09. The number of hydrogen-bond donors (Lipinski definition) is 1. The molecular formula is C20H19Cl2N3O. The molecule has 1 amide bonds. The smallest absolute Gasteiger partial charge is 0.253 e. The Labute approximate surface area is 162 Å². The fourth-order valence-electron chi connectivity index (χ4n) is 2.84. The van der Waals surface area contributed by atoms with Crippen LogP contribution in [0.15, 0.2) is 48.5 Å². The predicted octanol–water partition coefficient (Wildman–Crippen LogP) is 4.79. The minimum Gasteiger partial charge on any atom is -0.348 e. The van der Waals surface area contributed by atoms with Crippen LogP contribution in [0.2, 0.25) is 10.0 Å². The predicted molar refractivity (Wildman–Crippen MR) is 105 cm³/mol. The largest absolute Gasteiger partial charge is 0.348 e. The molecule has 0 atom stereocenters. The molecule has 1 heterocycles. The van der Waals surface area contributed by atoms with E-state index in [-0.39, 0.29) is 5.91 Å². The Bertz CT molecular complexity index is 936. The van der Waals surface area contributed by atoms with Gasteiger partial charge in [-0.25, -0.2) is 0 Å². The lowest BCUT2D eigenvalue weighted by atomic mass is 10.1. The van der Waals surface area contributed by atoms with Gasteiger partial charge in [0.1, 0.15) is 0 Å². The SMILES string of the molecule is Cc1nn(Cc2ccccc2)c(C)c1CNC(=O)c1cc(Cl)ccc1Cl. The number of benzene rings is 2. The van der Waals surface area contributed by atoms with E-state index < -0.39 is 0 Å². The summed E-state index contributed by atoms with van der Waals surface area (Å²) >= 11 is 12.1. The van der Waals surface area contributed by atoms with Gasteiger partial charge < -0.3 is 5.32 Å². The molecule has 134 valence electrons. The van der Waals surface area contributed by atoms with Crippen LogP contribution >= 0.6 is 23.2 Å². The number of amides is 1. The Kier molecular flexibility index (Phi) is 5.64. The minimum atomic E-state index is -0.257. The van der Waals surface area contributed by atoms with Crippen molar-refractivity contribution in [2.24, 2.45) is 0 Å². The van der Waals surface area contributed by atoms with Gasteiger partial charge in [-0.1, -0.05) is 53.5 Å². The molecule has 3 rings (SSSR count). The van der Waals surface area contributed by atoms with Crippen LogP contribution in [0.25, 0.3) is 0 Å². The van der Waals surface area contributed by atoms with Crippen LogP contribution < -0.4 is 5.32 Å². The maximum atomic E-state index is 12.4. The molecule has 0 fully saturated rings. The highest BCUT2D eigenvalue weighted by Gasteiger charge is 2.15. The highest BCUT2D eigenvalue weighted by Crippen LogP contribution is 2.21. The van der Waals surface area contributed by atoms with Gasteiger partial charge in [-0.05, 0) is 37.6 Å². The number of halogens is 2. The average Bonchev–Trinajstić information content (AvgIpc) is 2.89. The fraction of sp³-hybridized carbons (Fsp3) is 0.200. The molecule has 0 aliphatic rings. The van der Waals surface area contributed by atoms with E-state index in [4.69, 9.17) is 23.2 Å². The molecule has 0 saturated heterocycles. The first-order chi connectivity index (χ1) is 12.5. The van der Waals surface area contributed by atoms with Crippen LogP contribution in [0.3, 0.4) is 0 Å². The molecule has 0 aliphatic carbocycles. The summed E-state index contributed by atoms with van der Waals surface area (Å²) in [5.41, 5.74) is 4.48. The summed E-state index contributed by atoms with van der Waals surface area (Å²) in [4.78, 5) is 12.4. The number of carbonyl (C=O) groups excluding carboxylic acids is 1. The fourth-order valence-corrected chi connectivity index (χ4v) is 3.21. The molecule has 2 aromatic carbocycles. The first-order valence-corrected chi connectivity index (χ1v) is 9.01. The highest BCUT2D eigenvalue weighted by atomic mass is 35.5. The van der Waals surface area contributed by atoms with Crippen molar-refractivity contribution in [3.63, 3.8) is 0 Å². The van der Waals surface area contributed by atoms with E-state index in [9.17, 15) is 4.79 Å². The van der Waals surface area contributed by atoms with Crippen molar-refractivity contribution in [1.29, 1.82) is 0 Å². The van der Waals surface area contributed by atoms with Gasteiger partial charge >= 0.3 is 0 Å². The van der Waals surface area contributed by atoms with Crippen LogP contribution in [0.5, 0.6) is 0 Å². The molecule has 3 aromatic rings. The molecule has 0 saturated carbocycles. The molecule has 4 nitrogen and oxygen atoms in total. The van der Waals surface area contributed by atoms with E-state index in [1.807, 2.05) is 36.7 Å². The Morgan fingerprint density at radius 2 is 1.85 bits per heavy atom. The summed E-state index contributed by atoms with van der Waals surface area (Å²) in [5.74, 6) is -0.257. The van der Waals surface area contributed by atoms with E-state index in [0.717, 1.165) is 17.0 Å². The first-order valence-electron chi connectivity index (χ1n) is 8.25. The zero-order valence-electron chi connectivity index (χ0n) is 14.6. The Balaban J connectivity index is 1.74. The van der Waals surface area contributed by atoms with E-state index in [0.29, 0.717) is 28.7 Å². The van der Waals surface area contributed by atoms with Gasteiger partial charge in [-0.15, -0.1) is 0 Å². The van der Waals surface area contributed by atoms with Gasteiger partial charge in [0.05, 0.1) is 22.8 Å². The second kappa shape index (κ2) is 7.94. The first kappa shape index (κ1) is 18.5. The van der Waals surface area contributed by atoms with Crippen LogP contribution in [-0.4, -0.2) is 15.7 Å². The second-order valence-electron chi connectivity index (χ2n) is 6.10. The molecular weight excluding hydrogens is 369 g/mol. The van der Waals surface area contributed by atoms with Gasteiger partial charge in [0.15, 0.2) is 0 Å². The Morgan fingerprint density at radius 1 is 1.12 bits per heavy atom. The summed E-state index contributed by atoms with van der Waals surface area (Å²) in [6, 6.07) is 15.0. The molecule has 0 bridgehead atoms. The number of aromatic nitrogens is 2. The van der Waals surface area contributed by atoms with E-state index in [1.54, 1.807) is 18.2 Å². The number of carbonyl (C=O) groups is 1. The van der Waals surface area contributed by atoms with Crippen molar-refractivity contribution < 1.29 is 4.79 Å². The molecule has 0 unspecified atom stereocenters. The van der Waals surface area contributed by atoms with E-state index in [2.05, 4.69) is 22.5 Å². The highest BCUT2D eigenvalue weighted by molar-refractivity contribution is 6.35. The van der Waals surface area contributed by atoms with Gasteiger partial charge in [0.25, 0.3) is 5.91 Å². The van der Waals surface area contributed by atoms with Crippen molar-refractivity contribution in [2.75, 3.05) is 0 Å². The third-order valence-corrected chi connectivity index (χ3v) is 4.87. The summed E-state index contributed by atoms with van der Waals surface area (Å²) in [6.07, 6.45) is 0. The van der Waals surface area contributed by atoms with Crippen molar-refractivity contribution >= 4 is 29.1 Å². The quantitative estimate of drug-likeness (QED) is 0.684. The van der Waals surface area contributed by atoms with E-state index >= 15 is 0 Å². The minimum absolute atomic E-state index is 0.257. The molecule has 0 aliphatic heterocycles. The van der Waals surface area contributed by atoms with Crippen LogP contribution in [0, 0.1) is 13.8 Å². The molecule has 0 spiro atoms. The van der Waals surface area contributed by atoms with Crippen molar-refractivity contribution in [2.45, 2.75) is 26.9 Å². The molecule has 1 N–H and O–H groups in total. The van der Waals surface area contributed by atoms with Gasteiger partial charge in [0.2, 0.25) is 0 Å². The van der Waals surface area contributed by atoms with Gasteiger partial charge in [-0.3, -0.25) is 9.48 Å². The number of hydrogen-bond acceptors (Lipinski definition) is 2. The van der Waals surface area contributed by atoms with Crippen molar-refractivity contribution in [3.05, 3.63) is 86.7 Å². The summed E-state index contributed by atoms with van der Waals surface area (Å²) < 4.78 is 1.96. The number of aryl methyl sites for hydroxylation is 1. The normalized spacial score (nSPS) is 10.8. The second-order valence-corrected chi connectivity index (χ2v) is 6.94. The Morgan fingerprint density at radius 3 is 2.58 bits per heavy atom. The standard InChI is InChI=1S/C20H19Cl2N3O/c1-13-18(11-23-20(26)17-10-16(21)8-9-19(17)22)14(2)25(24-13)12-15-6-4-3-5-7-15/h3-10H,11-12H2,1-2H3,(H,23,26). The molecule has 0 radical (unpaired) electrons. The maximum Gasteiger partial charge on any atom is 0.253 e. The third-order valence-electron chi connectivity index (χ3n) is 4.31. The van der Waals surface area contributed by atoms with Crippen LogP contribution in [0.1, 0.15) is 32.9 Å². The molecule has 26 heavy (non-hydrogen) atoms. The number of nitrogens with one attached hydrogen (secondary N) is 1. The van der Waals surface area contributed by atoms with Crippen molar-refractivity contribution in [1.82, 2.24) is 15.1 Å². The van der Waals surface area contributed by atoms with Gasteiger partial charge in [0, 0.05) is 22.8 Å². The summed E-state index contributed by atoms with van der Waals surface area (Å²) in [7, 11) is 0. The zero-order valence-corrected chi connectivity index (χ0v) is 16.1. The molecule has 1 aromatic heterocycles. The Hall–Kier alpha value is -2.30. The topological polar surface area (TPSA) is 46.9 Å². The number of rotatable bonds is 5. The summed E-state index contributed by atoms with van der Waals surface area (Å²) in [5, 5.41) is 8.36. The lowest BCUT2D eigenvalue weighted by Crippen LogP contribution is -2.23. The maximum absolute atomic E-state index is 12.4. The average molecular weight is 388 g/mol. The lowest BCUT2D eigenvalue weighted by molar-refractivity contribution is 0.0951. The van der Waals surface area contributed by atoms with Crippen LogP contribution in [-0.2, 0) is 13.1 Å². The zero-order chi connectivity index (χ0) is 18.7. The monoisotopic (exact) mass is 387 g/mol. The molecule has 6 heteroatoms. The number of nitrogens with zero attached hydrogens (tertiary/aromatic N) is 2. The van der Waals surface area contributed by atoms with Crippen LogP contribution in [0.4, 0.5) is 0 Å². The van der Waals surface area contributed by atoms with Gasteiger partial charge in [-0.2, -0.15) is 5.10 Å². The van der Waals surface area contributed by atoms with Crippen molar-refractivity contribution in [3.8, 4) is 0 Å². The van der Waals surface area contributed by atoms with E-state index in [1.165, 1.54) is 5.56 Å².